The highest BCUT2D eigenvalue weighted by Gasteiger charge is 2.13. The number of rotatable bonds is 7. The minimum absolute atomic E-state index is 0.1000. The van der Waals surface area contributed by atoms with E-state index in [1.807, 2.05) is 18.2 Å². The van der Waals surface area contributed by atoms with E-state index in [1.54, 1.807) is 45.6 Å². The van der Waals surface area contributed by atoms with Gasteiger partial charge in [-0.05, 0) is 18.6 Å². The van der Waals surface area contributed by atoms with Crippen molar-refractivity contribution in [1.82, 2.24) is 5.32 Å². The minimum Gasteiger partial charge on any atom is -0.496 e. The summed E-state index contributed by atoms with van der Waals surface area (Å²) < 4.78 is 16.0. The topological polar surface area (TPSA) is 56.8 Å². The molecule has 0 aliphatic heterocycles. The molecule has 23 heavy (non-hydrogen) atoms. The third-order valence-electron chi connectivity index (χ3n) is 3.51. The Morgan fingerprint density at radius 1 is 0.957 bits per heavy atom. The van der Waals surface area contributed by atoms with Crippen LogP contribution in [0.3, 0.4) is 0 Å². The molecule has 0 atom stereocenters. The molecule has 0 unspecified atom stereocenters. The van der Waals surface area contributed by atoms with Crippen LogP contribution in [-0.4, -0.2) is 33.8 Å². The first-order valence-electron chi connectivity index (χ1n) is 7.31. The highest BCUT2D eigenvalue weighted by atomic mass is 16.5. The summed E-state index contributed by atoms with van der Waals surface area (Å²) in [6.45, 7) is 0.479. The van der Waals surface area contributed by atoms with E-state index >= 15 is 0 Å². The van der Waals surface area contributed by atoms with Crippen molar-refractivity contribution in [2.45, 2.75) is 6.42 Å². The molecule has 2 rings (SSSR count). The van der Waals surface area contributed by atoms with Crippen LogP contribution in [0.1, 0.15) is 15.9 Å². The van der Waals surface area contributed by atoms with Gasteiger partial charge >= 0.3 is 0 Å². The van der Waals surface area contributed by atoms with Crippen molar-refractivity contribution in [3.8, 4) is 17.2 Å². The van der Waals surface area contributed by atoms with Crippen molar-refractivity contribution < 1.29 is 19.0 Å². The Labute approximate surface area is 136 Å². The normalized spacial score (nSPS) is 10.0. The van der Waals surface area contributed by atoms with Gasteiger partial charge in [-0.1, -0.05) is 18.2 Å². The van der Waals surface area contributed by atoms with E-state index in [2.05, 4.69) is 5.32 Å². The quantitative estimate of drug-likeness (QED) is 0.853. The molecule has 0 heterocycles. The first-order chi connectivity index (χ1) is 11.2. The van der Waals surface area contributed by atoms with Crippen LogP contribution in [0.25, 0.3) is 0 Å². The zero-order chi connectivity index (χ0) is 16.7. The molecule has 0 aliphatic rings. The molecule has 0 aromatic heterocycles. The molecule has 1 N–H and O–H groups in total. The van der Waals surface area contributed by atoms with E-state index in [0.717, 1.165) is 5.56 Å². The van der Waals surface area contributed by atoms with Gasteiger partial charge in [0.25, 0.3) is 5.91 Å². The highest BCUT2D eigenvalue weighted by molar-refractivity contribution is 5.94. The van der Waals surface area contributed by atoms with Crippen LogP contribution < -0.4 is 19.5 Å². The lowest BCUT2D eigenvalue weighted by atomic mass is 10.1. The third kappa shape index (κ3) is 4.16. The van der Waals surface area contributed by atoms with Gasteiger partial charge in [0, 0.05) is 29.8 Å². The summed E-state index contributed by atoms with van der Waals surface area (Å²) in [6, 6.07) is 12.7. The molecule has 1 amide bonds. The Bertz CT molecular complexity index is 630. The maximum Gasteiger partial charge on any atom is 0.251 e. The largest absolute Gasteiger partial charge is 0.496 e. The van der Waals surface area contributed by atoms with E-state index in [-0.39, 0.29) is 5.91 Å². The van der Waals surface area contributed by atoms with E-state index < -0.39 is 0 Å². The van der Waals surface area contributed by atoms with E-state index in [0.29, 0.717) is 35.8 Å². The highest BCUT2D eigenvalue weighted by Crippen LogP contribution is 2.34. The average molecular weight is 315 g/mol. The first-order valence-corrected chi connectivity index (χ1v) is 7.31. The number of methoxy groups -OCH3 is 3. The zero-order valence-electron chi connectivity index (χ0n) is 13.6. The van der Waals surface area contributed by atoms with Crippen LogP contribution >= 0.6 is 0 Å². The fourth-order valence-electron chi connectivity index (χ4n) is 2.32. The fourth-order valence-corrected chi connectivity index (χ4v) is 2.32. The average Bonchev–Trinajstić information content (AvgIpc) is 2.62. The van der Waals surface area contributed by atoms with Gasteiger partial charge in [-0.3, -0.25) is 4.79 Å². The minimum atomic E-state index is -0.1000. The van der Waals surface area contributed by atoms with Gasteiger partial charge in [-0.25, -0.2) is 0 Å². The second-order valence-corrected chi connectivity index (χ2v) is 4.88. The van der Waals surface area contributed by atoms with Crippen molar-refractivity contribution in [2.75, 3.05) is 27.9 Å². The summed E-state index contributed by atoms with van der Waals surface area (Å²) in [4.78, 5) is 12.1. The Hall–Kier alpha value is -2.69. The van der Waals surface area contributed by atoms with Crippen molar-refractivity contribution >= 4 is 5.91 Å². The summed E-state index contributed by atoms with van der Waals surface area (Å²) in [5.41, 5.74) is 1.53. The van der Waals surface area contributed by atoms with E-state index in [9.17, 15) is 4.79 Å². The number of hydrogen-bond acceptors (Lipinski definition) is 4. The molecule has 2 aromatic rings. The van der Waals surface area contributed by atoms with Gasteiger partial charge < -0.3 is 19.5 Å². The Morgan fingerprint density at radius 2 is 1.57 bits per heavy atom. The van der Waals surface area contributed by atoms with Crippen LogP contribution in [0.2, 0.25) is 0 Å². The number of benzene rings is 2. The first kappa shape index (κ1) is 16.7. The van der Waals surface area contributed by atoms with E-state index in [1.165, 1.54) is 0 Å². The molecule has 0 saturated carbocycles. The lowest BCUT2D eigenvalue weighted by Crippen LogP contribution is -2.25. The SMILES string of the molecule is COc1cc(OC)c(CCNC(=O)c2ccccc2)c(OC)c1. The number of hydrogen-bond donors (Lipinski definition) is 1. The van der Waals surface area contributed by atoms with Gasteiger partial charge in [0.05, 0.1) is 21.3 Å². The third-order valence-corrected chi connectivity index (χ3v) is 3.51. The Morgan fingerprint density at radius 3 is 2.09 bits per heavy atom. The van der Waals surface area contributed by atoms with Crippen molar-refractivity contribution in [3.63, 3.8) is 0 Å². The molecule has 0 spiro atoms. The predicted octanol–water partition coefficient (Wildman–Crippen LogP) is 2.68. The molecule has 0 bridgehead atoms. The summed E-state index contributed by atoms with van der Waals surface area (Å²) >= 11 is 0. The second kappa shape index (κ2) is 8.08. The van der Waals surface area contributed by atoms with Gasteiger partial charge in [-0.15, -0.1) is 0 Å². The lowest BCUT2D eigenvalue weighted by molar-refractivity contribution is 0.0954. The smallest absolute Gasteiger partial charge is 0.251 e. The van der Waals surface area contributed by atoms with Gasteiger partial charge in [0.1, 0.15) is 17.2 Å². The summed E-state index contributed by atoms with van der Waals surface area (Å²) in [7, 11) is 4.79. The lowest BCUT2D eigenvalue weighted by Gasteiger charge is -2.15. The molecule has 0 aliphatic carbocycles. The van der Waals surface area contributed by atoms with Crippen molar-refractivity contribution in [1.29, 1.82) is 0 Å². The molecular formula is C18H21NO4. The summed E-state index contributed by atoms with van der Waals surface area (Å²) in [6.07, 6.45) is 0.592. The molecule has 0 radical (unpaired) electrons. The van der Waals surface area contributed by atoms with Gasteiger partial charge in [-0.2, -0.15) is 0 Å². The standard InChI is InChI=1S/C18H21NO4/c1-21-14-11-16(22-2)15(17(12-14)23-3)9-10-19-18(20)13-7-5-4-6-8-13/h4-8,11-12H,9-10H2,1-3H3,(H,19,20). The number of nitrogens with one attached hydrogen (secondary N) is 1. The van der Waals surface area contributed by atoms with E-state index in [4.69, 9.17) is 14.2 Å². The van der Waals surface area contributed by atoms with Crippen molar-refractivity contribution in [3.05, 3.63) is 53.6 Å². The molecule has 0 saturated heterocycles. The monoisotopic (exact) mass is 315 g/mol. The Kier molecular flexibility index (Phi) is 5.86. The number of amides is 1. The summed E-state index contributed by atoms with van der Waals surface area (Å²) in [5.74, 6) is 1.91. The van der Waals surface area contributed by atoms with Gasteiger partial charge in [0.2, 0.25) is 0 Å². The van der Waals surface area contributed by atoms with Crippen LogP contribution in [0.5, 0.6) is 17.2 Å². The fraction of sp³-hybridized carbons (Fsp3) is 0.278. The number of carbonyl (C=O) groups excluding carboxylic acids is 1. The molecule has 0 fully saturated rings. The molecule has 122 valence electrons. The maximum absolute atomic E-state index is 12.1. The zero-order valence-corrected chi connectivity index (χ0v) is 13.6. The second-order valence-electron chi connectivity index (χ2n) is 4.88. The predicted molar refractivity (Wildman–Crippen MR) is 88.6 cm³/mol. The van der Waals surface area contributed by atoms with Crippen molar-refractivity contribution in [2.24, 2.45) is 0 Å². The van der Waals surface area contributed by atoms with Crippen LogP contribution in [-0.2, 0) is 6.42 Å². The number of ether oxygens (including phenoxy) is 3. The summed E-state index contributed by atoms with van der Waals surface area (Å²) in [5, 5.41) is 2.90. The Balaban J connectivity index is 2.06. The van der Waals surface area contributed by atoms with Crippen LogP contribution in [0.4, 0.5) is 0 Å². The van der Waals surface area contributed by atoms with Crippen LogP contribution in [0.15, 0.2) is 42.5 Å². The molecule has 5 nitrogen and oxygen atoms in total. The van der Waals surface area contributed by atoms with Gasteiger partial charge in [0.15, 0.2) is 0 Å². The molecule has 2 aromatic carbocycles. The molecule has 5 heteroatoms. The maximum atomic E-state index is 12.1. The van der Waals surface area contributed by atoms with Crippen LogP contribution in [0, 0.1) is 0 Å². The number of carbonyl (C=O) groups is 1. The molecular weight excluding hydrogens is 294 g/mol.